The van der Waals surface area contributed by atoms with E-state index in [0.29, 0.717) is 6.54 Å². The predicted octanol–water partition coefficient (Wildman–Crippen LogP) is 1.33. The molecule has 1 aromatic heterocycles. The van der Waals surface area contributed by atoms with Crippen LogP contribution in [0.5, 0.6) is 0 Å². The molecule has 0 aromatic carbocycles. The zero-order valence-corrected chi connectivity index (χ0v) is 7.85. The second-order valence-corrected chi connectivity index (χ2v) is 3.60. The molecule has 0 bridgehead atoms. The van der Waals surface area contributed by atoms with Crippen molar-refractivity contribution in [3.8, 4) is 0 Å². The molecule has 1 fully saturated rings. The summed E-state index contributed by atoms with van der Waals surface area (Å²) in [6, 6.07) is 1.56. The van der Waals surface area contributed by atoms with Crippen LogP contribution in [0, 0.1) is 0 Å². The van der Waals surface area contributed by atoms with Gasteiger partial charge in [-0.25, -0.2) is 0 Å². The molecule has 0 aliphatic carbocycles. The van der Waals surface area contributed by atoms with E-state index < -0.39 is 5.97 Å². The summed E-state index contributed by atoms with van der Waals surface area (Å²) in [5.41, 5.74) is 1.04. The van der Waals surface area contributed by atoms with Gasteiger partial charge in [-0.3, -0.25) is 9.69 Å². The third kappa shape index (κ3) is 1.80. The van der Waals surface area contributed by atoms with E-state index in [2.05, 4.69) is 0 Å². The quantitative estimate of drug-likeness (QED) is 0.790. The molecule has 0 spiro atoms. The normalized spacial score (nSPS) is 22.7. The Bertz CT molecular complexity index is 307. The Morgan fingerprint density at radius 2 is 2.57 bits per heavy atom. The van der Waals surface area contributed by atoms with Gasteiger partial charge in [0.15, 0.2) is 0 Å². The van der Waals surface area contributed by atoms with E-state index in [9.17, 15) is 4.79 Å². The maximum Gasteiger partial charge on any atom is 0.320 e. The first-order valence-electron chi connectivity index (χ1n) is 4.75. The highest BCUT2D eigenvalue weighted by molar-refractivity contribution is 5.73. The molecule has 0 unspecified atom stereocenters. The molecule has 14 heavy (non-hydrogen) atoms. The summed E-state index contributed by atoms with van der Waals surface area (Å²) in [4.78, 5) is 12.9. The predicted molar refractivity (Wildman–Crippen MR) is 49.8 cm³/mol. The Hall–Kier alpha value is -1.29. The Morgan fingerprint density at radius 1 is 1.71 bits per heavy atom. The summed E-state index contributed by atoms with van der Waals surface area (Å²) < 4.78 is 4.95. The van der Waals surface area contributed by atoms with Crippen LogP contribution in [0.2, 0.25) is 0 Å². The van der Waals surface area contributed by atoms with Crippen LogP contribution in [0.15, 0.2) is 23.0 Å². The lowest BCUT2D eigenvalue weighted by Gasteiger charge is -2.19. The van der Waals surface area contributed by atoms with Crippen LogP contribution in [0.25, 0.3) is 0 Å². The number of likely N-dealkylation sites (tertiary alicyclic amines) is 1. The summed E-state index contributed by atoms with van der Waals surface area (Å²) in [7, 11) is 0. The summed E-state index contributed by atoms with van der Waals surface area (Å²) in [6.07, 6.45) is 5.00. The van der Waals surface area contributed by atoms with Gasteiger partial charge in [0, 0.05) is 12.1 Å². The van der Waals surface area contributed by atoms with Crippen molar-refractivity contribution in [2.75, 3.05) is 6.54 Å². The van der Waals surface area contributed by atoms with E-state index in [-0.39, 0.29) is 6.04 Å². The van der Waals surface area contributed by atoms with Crippen molar-refractivity contribution in [2.45, 2.75) is 25.4 Å². The summed E-state index contributed by atoms with van der Waals surface area (Å²) in [6.45, 7) is 1.54. The zero-order chi connectivity index (χ0) is 9.97. The number of furan rings is 1. The van der Waals surface area contributed by atoms with Crippen molar-refractivity contribution in [1.82, 2.24) is 4.90 Å². The second kappa shape index (κ2) is 3.84. The fourth-order valence-electron chi connectivity index (χ4n) is 1.91. The molecular formula is C10H13NO3. The lowest BCUT2D eigenvalue weighted by atomic mass is 10.2. The van der Waals surface area contributed by atoms with Gasteiger partial charge in [0.2, 0.25) is 0 Å². The van der Waals surface area contributed by atoms with Crippen molar-refractivity contribution in [3.63, 3.8) is 0 Å². The fraction of sp³-hybridized carbons (Fsp3) is 0.500. The van der Waals surface area contributed by atoms with Gasteiger partial charge in [0.05, 0.1) is 12.5 Å². The summed E-state index contributed by atoms with van der Waals surface area (Å²) in [5.74, 6) is -0.717. The van der Waals surface area contributed by atoms with Gasteiger partial charge < -0.3 is 9.52 Å². The van der Waals surface area contributed by atoms with E-state index in [4.69, 9.17) is 9.52 Å². The molecule has 4 nitrogen and oxygen atoms in total. The van der Waals surface area contributed by atoms with Crippen LogP contribution in [0.4, 0.5) is 0 Å². The summed E-state index contributed by atoms with van der Waals surface area (Å²) >= 11 is 0. The average molecular weight is 195 g/mol. The van der Waals surface area contributed by atoms with Crippen LogP contribution < -0.4 is 0 Å². The molecule has 76 valence electrons. The molecule has 4 heteroatoms. The highest BCUT2D eigenvalue weighted by Gasteiger charge is 2.30. The van der Waals surface area contributed by atoms with E-state index in [0.717, 1.165) is 24.9 Å². The maximum atomic E-state index is 10.9. The highest BCUT2D eigenvalue weighted by Crippen LogP contribution is 2.20. The molecule has 1 aromatic rings. The summed E-state index contributed by atoms with van der Waals surface area (Å²) in [5, 5.41) is 8.95. The van der Waals surface area contributed by atoms with E-state index in [1.165, 1.54) is 0 Å². The average Bonchev–Trinajstić information content (AvgIpc) is 2.75. The van der Waals surface area contributed by atoms with Crippen LogP contribution in [-0.2, 0) is 11.3 Å². The minimum absolute atomic E-state index is 0.315. The lowest BCUT2D eigenvalue weighted by Crippen LogP contribution is -2.35. The topological polar surface area (TPSA) is 53.7 Å². The highest BCUT2D eigenvalue weighted by atomic mass is 16.4. The minimum atomic E-state index is -0.717. The number of carboxylic acids is 1. The van der Waals surface area contributed by atoms with Crippen LogP contribution in [0.3, 0.4) is 0 Å². The van der Waals surface area contributed by atoms with E-state index in [1.807, 2.05) is 11.0 Å². The third-order valence-electron chi connectivity index (χ3n) is 2.61. The van der Waals surface area contributed by atoms with Gasteiger partial charge >= 0.3 is 5.97 Å². The van der Waals surface area contributed by atoms with E-state index >= 15 is 0 Å². The fourth-order valence-corrected chi connectivity index (χ4v) is 1.91. The standard InChI is InChI=1S/C10H13NO3/c12-10(13)9-2-1-4-11(9)6-8-3-5-14-7-8/h3,5,7,9H,1-2,4,6H2,(H,12,13)/t9-/m1/s1. The minimum Gasteiger partial charge on any atom is -0.480 e. The zero-order valence-electron chi connectivity index (χ0n) is 7.85. The Labute approximate surface area is 82.1 Å². The Balaban J connectivity index is 2.00. The van der Waals surface area contributed by atoms with Crippen LogP contribution in [0.1, 0.15) is 18.4 Å². The molecule has 1 aliphatic rings. The lowest BCUT2D eigenvalue weighted by molar-refractivity contribution is -0.142. The van der Waals surface area contributed by atoms with Crippen LogP contribution in [-0.4, -0.2) is 28.6 Å². The maximum absolute atomic E-state index is 10.9. The molecule has 2 rings (SSSR count). The Morgan fingerprint density at radius 3 is 3.21 bits per heavy atom. The first kappa shape index (κ1) is 9.27. The van der Waals surface area contributed by atoms with E-state index in [1.54, 1.807) is 12.5 Å². The van der Waals surface area contributed by atoms with Gasteiger partial charge in [0.25, 0.3) is 0 Å². The van der Waals surface area contributed by atoms with Crippen molar-refractivity contribution in [3.05, 3.63) is 24.2 Å². The molecule has 1 N–H and O–H groups in total. The number of hydrogen-bond donors (Lipinski definition) is 1. The molecule has 2 heterocycles. The first-order valence-corrected chi connectivity index (χ1v) is 4.75. The number of hydrogen-bond acceptors (Lipinski definition) is 3. The van der Waals surface area contributed by atoms with Gasteiger partial charge in [-0.05, 0) is 25.5 Å². The molecule has 1 atom stereocenters. The van der Waals surface area contributed by atoms with Crippen LogP contribution >= 0.6 is 0 Å². The van der Waals surface area contributed by atoms with Crippen molar-refractivity contribution in [2.24, 2.45) is 0 Å². The molecule has 0 radical (unpaired) electrons. The number of carbonyl (C=O) groups is 1. The van der Waals surface area contributed by atoms with Gasteiger partial charge in [0.1, 0.15) is 6.04 Å². The van der Waals surface area contributed by atoms with Gasteiger partial charge in [-0.1, -0.05) is 0 Å². The Kier molecular flexibility index (Phi) is 2.54. The second-order valence-electron chi connectivity index (χ2n) is 3.60. The third-order valence-corrected chi connectivity index (χ3v) is 2.61. The molecular weight excluding hydrogens is 182 g/mol. The number of rotatable bonds is 3. The van der Waals surface area contributed by atoms with Crippen molar-refractivity contribution in [1.29, 1.82) is 0 Å². The van der Waals surface area contributed by atoms with Crippen molar-refractivity contribution >= 4 is 5.97 Å². The number of nitrogens with zero attached hydrogens (tertiary/aromatic N) is 1. The van der Waals surface area contributed by atoms with Gasteiger partial charge in [-0.15, -0.1) is 0 Å². The first-order chi connectivity index (χ1) is 6.77. The van der Waals surface area contributed by atoms with Gasteiger partial charge in [-0.2, -0.15) is 0 Å². The SMILES string of the molecule is O=C(O)[C@H]1CCCN1Cc1ccoc1. The number of aliphatic carboxylic acids is 1. The molecule has 0 amide bonds. The molecule has 1 saturated heterocycles. The monoisotopic (exact) mass is 195 g/mol. The molecule has 1 aliphatic heterocycles. The smallest absolute Gasteiger partial charge is 0.320 e. The largest absolute Gasteiger partial charge is 0.480 e. The van der Waals surface area contributed by atoms with Crippen molar-refractivity contribution < 1.29 is 14.3 Å². The molecule has 0 saturated carbocycles. The number of carboxylic acid groups (broad SMARTS) is 1.